The Hall–Kier alpha value is -0.410. The highest BCUT2D eigenvalue weighted by atomic mass is 79.9. The van der Waals surface area contributed by atoms with Gasteiger partial charge in [-0.2, -0.15) is 0 Å². The van der Waals surface area contributed by atoms with E-state index in [0.717, 1.165) is 23.9 Å². The molecule has 0 amide bonds. The molecule has 3 heteroatoms. The first-order valence-corrected chi connectivity index (χ1v) is 6.29. The Labute approximate surface area is 99.4 Å². The average molecular weight is 274 g/mol. The van der Waals surface area contributed by atoms with Crippen LogP contribution in [0.15, 0.2) is 24.3 Å². The molecule has 0 heterocycles. The van der Waals surface area contributed by atoms with Crippen LogP contribution in [0.4, 0.5) is 4.39 Å². The minimum Gasteiger partial charge on any atom is -0.300 e. The van der Waals surface area contributed by atoms with E-state index in [0.29, 0.717) is 0 Å². The van der Waals surface area contributed by atoms with Crippen molar-refractivity contribution in [3.8, 4) is 0 Å². The van der Waals surface area contributed by atoms with Gasteiger partial charge in [-0.3, -0.25) is 4.90 Å². The summed E-state index contributed by atoms with van der Waals surface area (Å²) < 4.78 is 13.5. The molecule has 0 spiro atoms. The van der Waals surface area contributed by atoms with E-state index in [2.05, 4.69) is 20.8 Å². The normalized spacial score (nSPS) is 13.1. The van der Waals surface area contributed by atoms with Gasteiger partial charge in [-0.1, -0.05) is 34.1 Å². The molecule has 1 aromatic carbocycles. The highest BCUT2D eigenvalue weighted by Gasteiger charge is 2.14. The van der Waals surface area contributed by atoms with Crippen molar-refractivity contribution >= 4 is 15.9 Å². The van der Waals surface area contributed by atoms with Crippen LogP contribution in [0.3, 0.4) is 0 Å². The molecule has 0 N–H and O–H groups in total. The van der Waals surface area contributed by atoms with Crippen LogP contribution in [0.25, 0.3) is 0 Å². The Morgan fingerprint density at radius 1 is 1.40 bits per heavy atom. The van der Waals surface area contributed by atoms with Gasteiger partial charge in [0.25, 0.3) is 0 Å². The third kappa shape index (κ3) is 3.58. The quantitative estimate of drug-likeness (QED) is 0.741. The molecule has 0 fully saturated rings. The summed E-state index contributed by atoms with van der Waals surface area (Å²) in [5.74, 6) is -0.115. The molecule has 1 unspecified atom stereocenters. The first-order valence-electron chi connectivity index (χ1n) is 5.17. The molecule has 1 aromatic rings. The van der Waals surface area contributed by atoms with Crippen molar-refractivity contribution in [1.29, 1.82) is 0 Å². The molecule has 1 rings (SSSR count). The predicted molar refractivity (Wildman–Crippen MR) is 65.9 cm³/mol. The molecule has 0 saturated carbocycles. The van der Waals surface area contributed by atoms with Gasteiger partial charge in [-0.25, -0.2) is 4.39 Å². The lowest BCUT2D eigenvalue weighted by molar-refractivity contribution is 0.258. The van der Waals surface area contributed by atoms with Crippen molar-refractivity contribution in [3.05, 3.63) is 35.6 Å². The molecule has 0 saturated heterocycles. The molecule has 0 radical (unpaired) electrons. The molecule has 0 aliphatic rings. The summed E-state index contributed by atoms with van der Waals surface area (Å²) in [4.78, 5) is 2.17. The van der Waals surface area contributed by atoms with Crippen molar-refractivity contribution in [1.82, 2.24) is 4.90 Å². The summed E-state index contributed by atoms with van der Waals surface area (Å²) in [7, 11) is 2.03. The largest absolute Gasteiger partial charge is 0.300 e. The molecule has 1 atom stereocenters. The van der Waals surface area contributed by atoms with E-state index in [9.17, 15) is 4.39 Å². The molecule has 0 bridgehead atoms. The first kappa shape index (κ1) is 12.7. The van der Waals surface area contributed by atoms with Crippen LogP contribution < -0.4 is 0 Å². The van der Waals surface area contributed by atoms with Crippen molar-refractivity contribution in [2.24, 2.45) is 0 Å². The minimum atomic E-state index is -0.115. The Bertz CT molecular complexity index is 303. The van der Waals surface area contributed by atoms with Crippen LogP contribution in [0, 0.1) is 5.82 Å². The second kappa shape index (κ2) is 6.23. The third-order valence-corrected chi connectivity index (χ3v) is 3.22. The fraction of sp³-hybridized carbons (Fsp3) is 0.500. The summed E-state index contributed by atoms with van der Waals surface area (Å²) in [6.45, 7) is 3.01. The second-order valence-corrected chi connectivity index (χ2v) is 4.51. The van der Waals surface area contributed by atoms with E-state index >= 15 is 0 Å². The van der Waals surface area contributed by atoms with Crippen molar-refractivity contribution in [3.63, 3.8) is 0 Å². The van der Waals surface area contributed by atoms with Gasteiger partial charge >= 0.3 is 0 Å². The zero-order valence-electron chi connectivity index (χ0n) is 9.21. The summed E-state index contributed by atoms with van der Waals surface area (Å²) in [6, 6.07) is 7.11. The number of hydrogen-bond acceptors (Lipinski definition) is 1. The van der Waals surface area contributed by atoms with Crippen LogP contribution in [0.1, 0.15) is 24.9 Å². The number of nitrogens with zero attached hydrogens (tertiary/aromatic N) is 1. The lowest BCUT2D eigenvalue weighted by Gasteiger charge is -2.25. The number of benzene rings is 1. The summed E-state index contributed by atoms with van der Waals surface area (Å²) >= 11 is 3.40. The second-order valence-electron chi connectivity index (χ2n) is 3.72. The van der Waals surface area contributed by atoms with Gasteiger partial charge in [0.1, 0.15) is 5.82 Å². The number of halogens is 2. The molecule has 15 heavy (non-hydrogen) atoms. The van der Waals surface area contributed by atoms with Crippen molar-refractivity contribution < 1.29 is 4.39 Å². The van der Waals surface area contributed by atoms with E-state index < -0.39 is 0 Å². The third-order valence-electron chi connectivity index (χ3n) is 2.66. The van der Waals surface area contributed by atoms with Gasteiger partial charge in [0.05, 0.1) is 0 Å². The predicted octanol–water partition coefficient (Wildman–Crippen LogP) is 3.60. The van der Waals surface area contributed by atoms with E-state index in [-0.39, 0.29) is 11.9 Å². The fourth-order valence-corrected chi connectivity index (χ4v) is 1.80. The maximum Gasteiger partial charge on any atom is 0.127 e. The molecule has 0 aliphatic heterocycles. The molecular formula is C12H17BrFN. The van der Waals surface area contributed by atoms with Gasteiger partial charge in [-0.05, 0) is 33.0 Å². The van der Waals surface area contributed by atoms with Crippen LogP contribution in [-0.2, 0) is 0 Å². The molecular weight excluding hydrogens is 257 g/mol. The van der Waals surface area contributed by atoms with E-state index in [1.54, 1.807) is 6.07 Å². The highest BCUT2D eigenvalue weighted by molar-refractivity contribution is 9.09. The van der Waals surface area contributed by atoms with Crippen LogP contribution in [0.5, 0.6) is 0 Å². The van der Waals surface area contributed by atoms with Gasteiger partial charge in [0.2, 0.25) is 0 Å². The number of rotatable bonds is 5. The Morgan fingerprint density at radius 2 is 2.07 bits per heavy atom. The van der Waals surface area contributed by atoms with Gasteiger partial charge < -0.3 is 0 Å². The Kier molecular flexibility index (Phi) is 5.26. The van der Waals surface area contributed by atoms with Crippen LogP contribution >= 0.6 is 15.9 Å². The maximum absolute atomic E-state index is 13.5. The highest BCUT2D eigenvalue weighted by Crippen LogP contribution is 2.21. The lowest BCUT2D eigenvalue weighted by atomic mass is 10.1. The van der Waals surface area contributed by atoms with Crippen LogP contribution in [0.2, 0.25) is 0 Å². The molecule has 0 aromatic heterocycles. The summed E-state index contributed by atoms with van der Waals surface area (Å²) in [6.07, 6.45) is 1.08. The van der Waals surface area contributed by atoms with E-state index in [1.165, 1.54) is 6.07 Å². The monoisotopic (exact) mass is 273 g/mol. The van der Waals surface area contributed by atoms with E-state index in [1.807, 2.05) is 26.1 Å². The van der Waals surface area contributed by atoms with Gasteiger partial charge in [0, 0.05) is 16.9 Å². The lowest BCUT2D eigenvalue weighted by Crippen LogP contribution is -2.24. The number of hydrogen-bond donors (Lipinski definition) is 0. The average Bonchev–Trinajstić information content (AvgIpc) is 2.25. The molecule has 0 aliphatic carbocycles. The Morgan fingerprint density at radius 3 is 2.67 bits per heavy atom. The van der Waals surface area contributed by atoms with Crippen molar-refractivity contribution in [2.75, 3.05) is 18.9 Å². The SMILES string of the molecule is CC(c1ccccc1F)N(C)CCCBr. The standard InChI is InChI=1S/C12H17BrFN/c1-10(15(2)9-5-8-13)11-6-3-4-7-12(11)14/h3-4,6-7,10H,5,8-9H2,1-2H3. The van der Waals surface area contributed by atoms with Gasteiger partial charge in [0.15, 0.2) is 0 Å². The zero-order valence-corrected chi connectivity index (χ0v) is 10.8. The maximum atomic E-state index is 13.5. The van der Waals surface area contributed by atoms with Crippen molar-refractivity contribution in [2.45, 2.75) is 19.4 Å². The molecule has 1 nitrogen and oxygen atoms in total. The van der Waals surface area contributed by atoms with Crippen LogP contribution in [-0.4, -0.2) is 23.8 Å². The number of alkyl halides is 1. The zero-order chi connectivity index (χ0) is 11.3. The summed E-state index contributed by atoms with van der Waals surface area (Å²) in [5, 5.41) is 0.987. The smallest absolute Gasteiger partial charge is 0.127 e. The Balaban J connectivity index is 2.67. The molecule has 84 valence electrons. The first-order chi connectivity index (χ1) is 7.16. The fourth-order valence-electron chi connectivity index (χ4n) is 1.55. The van der Waals surface area contributed by atoms with E-state index in [4.69, 9.17) is 0 Å². The minimum absolute atomic E-state index is 0.115. The topological polar surface area (TPSA) is 3.24 Å². The van der Waals surface area contributed by atoms with Gasteiger partial charge in [-0.15, -0.1) is 0 Å². The summed E-state index contributed by atoms with van der Waals surface area (Å²) in [5.41, 5.74) is 0.773.